The highest BCUT2D eigenvalue weighted by atomic mass is 16.5. The lowest BCUT2D eigenvalue weighted by Gasteiger charge is -2.28. The van der Waals surface area contributed by atoms with Crippen LogP contribution < -0.4 is 10.2 Å². The molecule has 1 aliphatic carbocycles. The maximum absolute atomic E-state index is 5.20. The van der Waals surface area contributed by atoms with Crippen LogP contribution in [0, 0.1) is 0 Å². The Hall–Kier alpha value is -1.20. The topological polar surface area (TPSA) is 50.3 Å². The second-order valence-corrected chi connectivity index (χ2v) is 5.13. The number of likely N-dealkylation sites (N-methyl/N-ethyl adjacent to an activating group) is 1. The molecular formula is C14H24N4O. The molecule has 0 radical (unpaired) electrons. The Kier molecular flexibility index (Phi) is 5.10. The fraction of sp³-hybridized carbons (Fsp3) is 0.714. The zero-order valence-corrected chi connectivity index (χ0v) is 12.1. The smallest absolute Gasteiger partial charge is 0.151 e. The molecule has 1 saturated carbocycles. The van der Waals surface area contributed by atoms with Gasteiger partial charge in [0.25, 0.3) is 0 Å². The Morgan fingerprint density at radius 1 is 1.42 bits per heavy atom. The molecule has 0 bridgehead atoms. The lowest BCUT2D eigenvalue weighted by atomic mass is 10.3. The summed E-state index contributed by atoms with van der Waals surface area (Å²) in [6.07, 6.45) is 2.59. The van der Waals surface area contributed by atoms with Crippen molar-refractivity contribution in [3.05, 3.63) is 17.8 Å². The first-order valence-electron chi connectivity index (χ1n) is 7.06. The fourth-order valence-corrected chi connectivity index (χ4v) is 2.17. The van der Waals surface area contributed by atoms with Crippen molar-refractivity contribution >= 4 is 5.82 Å². The van der Waals surface area contributed by atoms with Crippen molar-refractivity contribution in [2.75, 3.05) is 25.2 Å². The van der Waals surface area contributed by atoms with Crippen molar-refractivity contribution in [2.45, 2.75) is 45.3 Å². The molecule has 1 atom stereocenters. The predicted molar refractivity (Wildman–Crippen MR) is 76.3 cm³/mol. The van der Waals surface area contributed by atoms with Crippen LogP contribution in [-0.4, -0.2) is 42.5 Å². The molecule has 1 unspecified atom stereocenters. The highest BCUT2D eigenvalue weighted by Crippen LogP contribution is 2.19. The third-order valence-corrected chi connectivity index (χ3v) is 3.43. The number of anilines is 1. The van der Waals surface area contributed by atoms with E-state index in [0.29, 0.717) is 18.7 Å². The number of ether oxygens (including phenoxy) is 1. The fourth-order valence-electron chi connectivity index (χ4n) is 2.17. The van der Waals surface area contributed by atoms with Crippen molar-refractivity contribution in [1.82, 2.24) is 15.5 Å². The quantitative estimate of drug-likeness (QED) is 0.772. The van der Waals surface area contributed by atoms with Crippen LogP contribution in [-0.2, 0) is 11.3 Å². The number of nitrogens with zero attached hydrogens (tertiary/aromatic N) is 3. The Labute approximate surface area is 115 Å². The summed E-state index contributed by atoms with van der Waals surface area (Å²) in [5.74, 6) is 0.919. The number of hydrogen-bond acceptors (Lipinski definition) is 5. The van der Waals surface area contributed by atoms with Crippen molar-refractivity contribution in [3.8, 4) is 0 Å². The van der Waals surface area contributed by atoms with Gasteiger partial charge in [0.15, 0.2) is 5.82 Å². The summed E-state index contributed by atoms with van der Waals surface area (Å²) in [6.45, 7) is 6.67. The van der Waals surface area contributed by atoms with Gasteiger partial charge in [-0.25, -0.2) is 0 Å². The molecule has 0 saturated heterocycles. The Balaban J connectivity index is 1.94. The molecule has 1 fully saturated rings. The minimum atomic E-state index is 0.305. The average Bonchev–Trinajstić information content (AvgIpc) is 3.23. The minimum absolute atomic E-state index is 0.305. The van der Waals surface area contributed by atoms with E-state index >= 15 is 0 Å². The molecule has 0 aliphatic heterocycles. The van der Waals surface area contributed by atoms with Gasteiger partial charge in [0, 0.05) is 26.2 Å². The van der Waals surface area contributed by atoms with Gasteiger partial charge in [-0.3, -0.25) is 0 Å². The zero-order valence-electron chi connectivity index (χ0n) is 12.1. The van der Waals surface area contributed by atoms with E-state index in [4.69, 9.17) is 4.74 Å². The molecular weight excluding hydrogens is 240 g/mol. The number of aromatic nitrogens is 2. The van der Waals surface area contributed by atoms with Crippen molar-refractivity contribution in [2.24, 2.45) is 0 Å². The van der Waals surface area contributed by atoms with Gasteiger partial charge in [-0.05, 0) is 38.8 Å². The van der Waals surface area contributed by atoms with Gasteiger partial charge < -0.3 is 15.0 Å². The van der Waals surface area contributed by atoms with E-state index in [-0.39, 0.29) is 0 Å². The molecule has 106 valence electrons. The molecule has 1 N–H and O–H groups in total. The zero-order chi connectivity index (χ0) is 13.7. The third-order valence-electron chi connectivity index (χ3n) is 3.43. The maximum Gasteiger partial charge on any atom is 0.151 e. The van der Waals surface area contributed by atoms with Crippen LogP contribution in [0.4, 0.5) is 5.82 Å². The summed E-state index contributed by atoms with van der Waals surface area (Å²) in [5.41, 5.74) is 1.01. The first-order chi connectivity index (χ1) is 9.24. The van der Waals surface area contributed by atoms with E-state index in [2.05, 4.69) is 40.3 Å². The van der Waals surface area contributed by atoms with Crippen LogP contribution >= 0.6 is 0 Å². The summed E-state index contributed by atoms with van der Waals surface area (Å²) >= 11 is 0. The van der Waals surface area contributed by atoms with E-state index in [0.717, 1.165) is 24.6 Å². The summed E-state index contributed by atoms with van der Waals surface area (Å²) < 4.78 is 5.20. The maximum atomic E-state index is 5.20. The normalized spacial score (nSPS) is 16.4. The van der Waals surface area contributed by atoms with Crippen molar-refractivity contribution < 1.29 is 4.74 Å². The first-order valence-corrected chi connectivity index (χ1v) is 7.06. The lowest BCUT2D eigenvalue weighted by Crippen LogP contribution is -2.36. The molecule has 1 heterocycles. The number of nitrogens with one attached hydrogen (secondary N) is 1. The van der Waals surface area contributed by atoms with E-state index in [1.165, 1.54) is 12.8 Å². The largest absolute Gasteiger partial charge is 0.383 e. The van der Waals surface area contributed by atoms with Gasteiger partial charge in [-0.15, -0.1) is 5.10 Å². The predicted octanol–water partition coefficient (Wildman–Crippen LogP) is 1.59. The summed E-state index contributed by atoms with van der Waals surface area (Å²) in [4.78, 5) is 2.20. The Bertz CT molecular complexity index is 378. The van der Waals surface area contributed by atoms with Crippen LogP contribution in [0.2, 0.25) is 0 Å². The van der Waals surface area contributed by atoms with Crippen LogP contribution in [0.1, 0.15) is 32.4 Å². The average molecular weight is 264 g/mol. The molecule has 0 spiro atoms. The van der Waals surface area contributed by atoms with Gasteiger partial charge >= 0.3 is 0 Å². The van der Waals surface area contributed by atoms with Crippen LogP contribution in [0.25, 0.3) is 0 Å². The molecule has 1 aliphatic rings. The molecule has 5 nitrogen and oxygen atoms in total. The van der Waals surface area contributed by atoms with Crippen LogP contribution in [0.15, 0.2) is 12.1 Å². The first kappa shape index (κ1) is 14.2. The van der Waals surface area contributed by atoms with E-state index in [1.807, 2.05) is 6.07 Å². The van der Waals surface area contributed by atoms with Gasteiger partial charge in [-0.2, -0.15) is 5.10 Å². The monoisotopic (exact) mass is 264 g/mol. The second kappa shape index (κ2) is 6.82. The van der Waals surface area contributed by atoms with Crippen LogP contribution in [0.3, 0.4) is 0 Å². The number of methoxy groups -OCH3 is 1. The molecule has 19 heavy (non-hydrogen) atoms. The van der Waals surface area contributed by atoms with E-state index in [1.54, 1.807) is 7.11 Å². The SMILES string of the molecule is CCN(c1ccc(CNC2CC2)nn1)C(C)COC. The summed E-state index contributed by atoms with van der Waals surface area (Å²) in [5, 5.41) is 12.1. The number of hydrogen-bond donors (Lipinski definition) is 1. The van der Waals surface area contributed by atoms with E-state index in [9.17, 15) is 0 Å². The number of rotatable bonds is 8. The van der Waals surface area contributed by atoms with Gasteiger partial charge in [0.2, 0.25) is 0 Å². The molecule has 5 heteroatoms. The highest BCUT2D eigenvalue weighted by molar-refractivity contribution is 5.38. The molecule has 1 aromatic heterocycles. The van der Waals surface area contributed by atoms with Crippen molar-refractivity contribution in [3.63, 3.8) is 0 Å². The molecule has 1 aromatic rings. The summed E-state index contributed by atoms with van der Waals surface area (Å²) in [6, 6.07) is 5.11. The lowest BCUT2D eigenvalue weighted by molar-refractivity contribution is 0.181. The molecule has 0 aromatic carbocycles. The van der Waals surface area contributed by atoms with Gasteiger partial charge in [0.05, 0.1) is 18.3 Å². The van der Waals surface area contributed by atoms with Crippen LogP contribution in [0.5, 0.6) is 0 Å². The second-order valence-electron chi connectivity index (χ2n) is 5.13. The summed E-state index contributed by atoms with van der Waals surface area (Å²) in [7, 11) is 1.72. The third kappa shape index (κ3) is 4.14. The molecule has 0 amide bonds. The Morgan fingerprint density at radius 3 is 2.74 bits per heavy atom. The standard InChI is InChI=1S/C14H24N4O/c1-4-18(11(2)10-19-3)14-8-7-13(16-17-14)9-15-12-5-6-12/h7-8,11-12,15H,4-6,9-10H2,1-3H3. The molecule has 2 rings (SSSR count). The van der Waals surface area contributed by atoms with Gasteiger partial charge in [-0.1, -0.05) is 0 Å². The highest BCUT2D eigenvalue weighted by Gasteiger charge is 2.20. The Morgan fingerprint density at radius 2 is 2.21 bits per heavy atom. The minimum Gasteiger partial charge on any atom is -0.383 e. The van der Waals surface area contributed by atoms with Gasteiger partial charge in [0.1, 0.15) is 0 Å². The van der Waals surface area contributed by atoms with Crippen molar-refractivity contribution in [1.29, 1.82) is 0 Å². The van der Waals surface area contributed by atoms with E-state index < -0.39 is 0 Å².